The van der Waals surface area contributed by atoms with Crippen LogP contribution in [0, 0.1) is 17.8 Å². The van der Waals surface area contributed by atoms with Crippen LogP contribution in [0.25, 0.3) is 0 Å². The van der Waals surface area contributed by atoms with Gasteiger partial charge < -0.3 is 9.47 Å². The topological polar surface area (TPSA) is 52.6 Å². The number of hydrogen-bond acceptors (Lipinski definition) is 4. The number of carbonyl (C=O) groups is 2. The normalized spacial score (nSPS) is 37.1. The molecule has 5 aliphatic rings. The van der Waals surface area contributed by atoms with Gasteiger partial charge in [0.15, 0.2) is 0 Å². The third-order valence-electron chi connectivity index (χ3n) is 7.38. The van der Waals surface area contributed by atoms with Gasteiger partial charge in [0.1, 0.15) is 11.4 Å². The number of allylic oxidation sites excluding steroid dienone is 3. The van der Waals surface area contributed by atoms with Crippen LogP contribution in [0.15, 0.2) is 46.3 Å². The molecule has 3 aliphatic carbocycles. The van der Waals surface area contributed by atoms with E-state index >= 15 is 0 Å². The molecule has 148 valence electrons. The summed E-state index contributed by atoms with van der Waals surface area (Å²) in [6.07, 6.45) is 13.8. The highest BCUT2D eigenvalue weighted by atomic mass is 16.6. The van der Waals surface area contributed by atoms with Crippen LogP contribution in [0.5, 0.6) is 0 Å². The maximum atomic E-state index is 12.9. The molecule has 2 heterocycles. The third kappa shape index (κ3) is 2.18. The number of fused-ring (bicyclic) bond motifs is 4. The minimum absolute atomic E-state index is 0.0317. The van der Waals surface area contributed by atoms with E-state index in [4.69, 9.17) is 9.47 Å². The van der Waals surface area contributed by atoms with Crippen molar-refractivity contribution in [2.75, 3.05) is 0 Å². The molecule has 0 radical (unpaired) electrons. The molecule has 0 aromatic rings. The second-order valence-corrected chi connectivity index (χ2v) is 8.73. The molecule has 2 aliphatic heterocycles. The Bertz CT molecular complexity index is 871. The van der Waals surface area contributed by atoms with Gasteiger partial charge in [0.05, 0.1) is 11.1 Å². The van der Waals surface area contributed by atoms with Gasteiger partial charge in [0.25, 0.3) is 0 Å². The SMILES string of the molecule is CCCC=C1OC(=O)C2=C1CC[C@H]1[C@@H]2[C@@]2(OC(=O)C3=C2CCC=C3)[C@H]1CCC. The molecular weight excluding hydrogens is 352 g/mol. The minimum Gasteiger partial charge on any atom is -0.450 e. The molecule has 1 saturated carbocycles. The fourth-order valence-electron chi connectivity index (χ4n) is 6.39. The van der Waals surface area contributed by atoms with Crippen molar-refractivity contribution in [3.8, 4) is 0 Å². The predicted octanol–water partition coefficient (Wildman–Crippen LogP) is 4.92. The van der Waals surface area contributed by atoms with Gasteiger partial charge in [-0.15, -0.1) is 0 Å². The smallest absolute Gasteiger partial charge is 0.340 e. The Morgan fingerprint density at radius 1 is 1.18 bits per heavy atom. The number of unbranched alkanes of at least 4 members (excludes halogenated alkanes) is 1. The fourth-order valence-corrected chi connectivity index (χ4v) is 6.39. The van der Waals surface area contributed by atoms with E-state index < -0.39 is 5.60 Å². The van der Waals surface area contributed by atoms with Gasteiger partial charge in [-0.25, -0.2) is 9.59 Å². The van der Waals surface area contributed by atoms with E-state index in [0.29, 0.717) is 11.8 Å². The minimum atomic E-state index is -0.613. The van der Waals surface area contributed by atoms with Crippen LogP contribution in [-0.4, -0.2) is 17.5 Å². The third-order valence-corrected chi connectivity index (χ3v) is 7.38. The van der Waals surface area contributed by atoms with Crippen LogP contribution < -0.4 is 0 Å². The molecule has 4 nitrogen and oxygen atoms in total. The van der Waals surface area contributed by atoms with Crippen molar-refractivity contribution in [2.45, 2.75) is 70.8 Å². The maximum absolute atomic E-state index is 12.9. The standard InChI is InChI=1S/C24H28O4/c1-3-5-11-19-16-13-12-14-17(8-4-2)24(21(14)20(16)23(26)27-19)18-10-7-6-9-15(18)22(25)28-24/h6,9,11,14,17,21H,3-5,7-8,10,12-13H2,1-2H3/t14-,17+,21+,24-/m1/s1. The van der Waals surface area contributed by atoms with E-state index in [0.717, 1.165) is 79.4 Å². The molecule has 5 rings (SSSR count). The summed E-state index contributed by atoms with van der Waals surface area (Å²) in [5.74, 6) is 1.04. The molecule has 1 spiro atoms. The quantitative estimate of drug-likeness (QED) is 0.650. The molecule has 0 unspecified atom stereocenters. The molecule has 4 heteroatoms. The first-order valence-corrected chi connectivity index (χ1v) is 10.9. The number of cyclic esters (lactones) is 1. The molecule has 0 amide bonds. The Balaban J connectivity index is 1.63. The van der Waals surface area contributed by atoms with Crippen LogP contribution in [0.2, 0.25) is 0 Å². The first-order valence-electron chi connectivity index (χ1n) is 10.9. The Morgan fingerprint density at radius 2 is 2.04 bits per heavy atom. The van der Waals surface area contributed by atoms with E-state index in [1.807, 2.05) is 6.08 Å². The number of rotatable bonds is 4. The average Bonchev–Trinajstić information content (AvgIpc) is 3.19. The van der Waals surface area contributed by atoms with Crippen molar-refractivity contribution in [1.82, 2.24) is 0 Å². The van der Waals surface area contributed by atoms with Gasteiger partial charge in [0, 0.05) is 17.4 Å². The number of ether oxygens (including phenoxy) is 2. The zero-order chi connectivity index (χ0) is 19.5. The zero-order valence-electron chi connectivity index (χ0n) is 16.8. The number of hydrogen-bond donors (Lipinski definition) is 0. The van der Waals surface area contributed by atoms with Crippen LogP contribution >= 0.6 is 0 Å². The molecule has 1 fully saturated rings. The number of carbonyl (C=O) groups excluding carboxylic acids is 2. The largest absolute Gasteiger partial charge is 0.450 e. The van der Waals surface area contributed by atoms with Gasteiger partial charge in [-0.3, -0.25) is 0 Å². The highest BCUT2D eigenvalue weighted by Crippen LogP contribution is 2.68. The molecule has 0 aromatic heterocycles. The van der Waals surface area contributed by atoms with Crippen LogP contribution in [-0.2, 0) is 19.1 Å². The van der Waals surface area contributed by atoms with Crippen LogP contribution in [0.4, 0.5) is 0 Å². The highest BCUT2D eigenvalue weighted by molar-refractivity contribution is 5.99. The molecule has 0 bridgehead atoms. The molecule has 0 aromatic carbocycles. The molecular formula is C24H28O4. The van der Waals surface area contributed by atoms with E-state index in [2.05, 4.69) is 26.0 Å². The summed E-state index contributed by atoms with van der Waals surface area (Å²) in [5.41, 5.74) is 3.16. The van der Waals surface area contributed by atoms with Crippen molar-refractivity contribution in [1.29, 1.82) is 0 Å². The van der Waals surface area contributed by atoms with E-state index in [9.17, 15) is 9.59 Å². The van der Waals surface area contributed by atoms with Gasteiger partial charge in [-0.2, -0.15) is 0 Å². The first-order chi connectivity index (χ1) is 13.6. The lowest BCUT2D eigenvalue weighted by Crippen LogP contribution is -2.65. The van der Waals surface area contributed by atoms with Crippen molar-refractivity contribution in [3.63, 3.8) is 0 Å². The second-order valence-electron chi connectivity index (χ2n) is 8.73. The molecule has 4 atom stereocenters. The number of esters is 2. The van der Waals surface area contributed by atoms with E-state index in [1.165, 1.54) is 0 Å². The lowest BCUT2D eigenvalue weighted by atomic mass is 9.44. The molecule has 28 heavy (non-hydrogen) atoms. The summed E-state index contributed by atoms with van der Waals surface area (Å²) in [7, 11) is 0. The predicted molar refractivity (Wildman–Crippen MR) is 105 cm³/mol. The maximum Gasteiger partial charge on any atom is 0.340 e. The summed E-state index contributed by atoms with van der Waals surface area (Å²) < 4.78 is 11.9. The molecule has 0 N–H and O–H groups in total. The first kappa shape index (κ1) is 18.0. The van der Waals surface area contributed by atoms with Crippen molar-refractivity contribution >= 4 is 11.9 Å². The van der Waals surface area contributed by atoms with Gasteiger partial charge in [-0.05, 0) is 56.1 Å². The van der Waals surface area contributed by atoms with Crippen LogP contribution in [0.3, 0.4) is 0 Å². The monoisotopic (exact) mass is 380 g/mol. The van der Waals surface area contributed by atoms with Crippen molar-refractivity contribution < 1.29 is 19.1 Å². The van der Waals surface area contributed by atoms with E-state index in [-0.39, 0.29) is 17.9 Å². The molecule has 0 saturated heterocycles. The van der Waals surface area contributed by atoms with Gasteiger partial charge in [-0.1, -0.05) is 38.8 Å². The zero-order valence-corrected chi connectivity index (χ0v) is 16.8. The van der Waals surface area contributed by atoms with Gasteiger partial charge >= 0.3 is 11.9 Å². The lowest BCUT2D eigenvalue weighted by Gasteiger charge is -2.61. The summed E-state index contributed by atoms with van der Waals surface area (Å²) >= 11 is 0. The summed E-state index contributed by atoms with van der Waals surface area (Å²) in [6, 6.07) is 0. The van der Waals surface area contributed by atoms with Gasteiger partial charge in [0.2, 0.25) is 0 Å². The van der Waals surface area contributed by atoms with Crippen molar-refractivity contribution in [2.24, 2.45) is 17.8 Å². The average molecular weight is 380 g/mol. The van der Waals surface area contributed by atoms with Crippen molar-refractivity contribution in [3.05, 3.63) is 46.3 Å². The highest BCUT2D eigenvalue weighted by Gasteiger charge is 2.71. The Hall–Kier alpha value is -2.10. The lowest BCUT2D eigenvalue weighted by molar-refractivity contribution is -0.197. The van der Waals surface area contributed by atoms with E-state index in [1.54, 1.807) is 0 Å². The Kier molecular flexibility index (Phi) is 4.15. The summed E-state index contributed by atoms with van der Waals surface area (Å²) in [5, 5.41) is 0. The Labute approximate surface area is 166 Å². The van der Waals surface area contributed by atoms with Crippen LogP contribution in [0.1, 0.15) is 65.2 Å². The second kappa shape index (κ2) is 6.47. The Morgan fingerprint density at radius 3 is 2.82 bits per heavy atom. The summed E-state index contributed by atoms with van der Waals surface area (Å²) in [6.45, 7) is 4.32. The fraction of sp³-hybridized carbons (Fsp3) is 0.583. The summed E-state index contributed by atoms with van der Waals surface area (Å²) in [4.78, 5) is 25.7.